The molecular formula is C22H29ClN4O2. The summed E-state index contributed by atoms with van der Waals surface area (Å²) in [6.45, 7) is 6.73. The van der Waals surface area contributed by atoms with Crippen molar-refractivity contribution in [2.75, 3.05) is 19.6 Å². The maximum Gasteiger partial charge on any atom is 0.274 e. The molecule has 156 valence electrons. The molecule has 1 N–H and O–H groups in total. The topological polar surface area (TPSA) is 63.3 Å². The van der Waals surface area contributed by atoms with Crippen LogP contribution in [0.4, 0.5) is 0 Å². The summed E-state index contributed by atoms with van der Waals surface area (Å²) in [6.07, 6.45) is 5.04. The van der Waals surface area contributed by atoms with Gasteiger partial charge in [-0.15, -0.1) is 12.4 Å². The molecule has 3 heterocycles. The first-order valence-electron chi connectivity index (χ1n) is 10.2. The van der Waals surface area contributed by atoms with Gasteiger partial charge in [0.1, 0.15) is 17.0 Å². The second-order valence-electron chi connectivity index (χ2n) is 7.54. The Morgan fingerprint density at radius 2 is 2.21 bits per heavy atom. The molecule has 1 aliphatic heterocycles. The summed E-state index contributed by atoms with van der Waals surface area (Å²) in [5.74, 6) is 0.760. The Bertz CT molecular complexity index is 912. The summed E-state index contributed by atoms with van der Waals surface area (Å²) in [7, 11) is 0. The highest BCUT2D eigenvalue weighted by Gasteiger charge is 2.27. The number of nitrogens with zero attached hydrogens (tertiary/aromatic N) is 3. The molecule has 0 spiro atoms. The number of carbonyl (C=O) groups is 1. The van der Waals surface area contributed by atoms with Crippen molar-refractivity contribution in [1.29, 1.82) is 0 Å². The summed E-state index contributed by atoms with van der Waals surface area (Å²) in [4.78, 5) is 15.1. The number of benzene rings is 1. The molecule has 1 aromatic carbocycles. The van der Waals surface area contributed by atoms with Crippen LogP contribution >= 0.6 is 12.4 Å². The van der Waals surface area contributed by atoms with Gasteiger partial charge in [-0.3, -0.25) is 9.48 Å². The summed E-state index contributed by atoms with van der Waals surface area (Å²) < 4.78 is 7.96. The number of piperidine rings is 1. The Balaban J connectivity index is 0.00000240. The van der Waals surface area contributed by atoms with Gasteiger partial charge in [0.2, 0.25) is 0 Å². The van der Waals surface area contributed by atoms with Crippen molar-refractivity contribution in [3.8, 4) is 0 Å². The Labute approximate surface area is 177 Å². The molecule has 1 fully saturated rings. The number of aromatic nitrogens is 2. The molecule has 6 nitrogen and oxygen atoms in total. The molecule has 29 heavy (non-hydrogen) atoms. The minimum absolute atomic E-state index is 0. The Hall–Kier alpha value is -2.31. The first kappa shape index (κ1) is 21.4. The van der Waals surface area contributed by atoms with Gasteiger partial charge in [-0.1, -0.05) is 25.1 Å². The zero-order chi connectivity index (χ0) is 19.5. The molecular weight excluding hydrogens is 388 g/mol. The molecule has 0 radical (unpaired) electrons. The second-order valence-corrected chi connectivity index (χ2v) is 7.54. The lowest BCUT2D eigenvalue weighted by Gasteiger charge is -2.27. The van der Waals surface area contributed by atoms with Crippen LogP contribution in [0.5, 0.6) is 0 Å². The van der Waals surface area contributed by atoms with Crippen molar-refractivity contribution < 1.29 is 9.21 Å². The van der Waals surface area contributed by atoms with E-state index < -0.39 is 0 Å². The van der Waals surface area contributed by atoms with E-state index in [2.05, 4.69) is 17.3 Å². The van der Waals surface area contributed by atoms with Crippen molar-refractivity contribution in [2.24, 2.45) is 0 Å². The molecule has 0 bridgehead atoms. The zero-order valence-electron chi connectivity index (χ0n) is 17.0. The lowest BCUT2D eigenvalue weighted by Crippen LogP contribution is -2.35. The molecule has 3 aromatic rings. The standard InChI is InChI=1S/C22H28N4O2.ClH/c1-3-12-25(16(2)21-14-17-7-4-5-9-20(17)28-21)22(27)19-10-13-26(24-19)18-8-6-11-23-15-18;/h4-5,7,9-10,13-14,16,18,23H,3,6,8,11-12,15H2,1-2H3;1H. The van der Waals surface area contributed by atoms with E-state index in [4.69, 9.17) is 4.42 Å². The highest BCUT2D eigenvalue weighted by atomic mass is 35.5. The lowest BCUT2D eigenvalue weighted by molar-refractivity contribution is 0.0664. The molecule has 0 aliphatic carbocycles. The fraction of sp³-hybridized carbons (Fsp3) is 0.455. The van der Waals surface area contributed by atoms with Gasteiger partial charge in [-0.2, -0.15) is 5.10 Å². The summed E-state index contributed by atoms with van der Waals surface area (Å²) in [5, 5.41) is 9.07. The quantitative estimate of drug-likeness (QED) is 0.638. The maximum atomic E-state index is 13.3. The van der Waals surface area contributed by atoms with Gasteiger partial charge in [0, 0.05) is 24.7 Å². The SMILES string of the molecule is CCCN(C(=O)c1ccn(C2CCCNC2)n1)C(C)c1cc2ccccc2o1.Cl. The number of hydrogen-bond acceptors (Lipinski definition) is 4. The van der Waals surface area contributed by atoms with Gasteiger partial charge < -0.3 is 14.6 Å². The fourth-order valence-corrected chi connectivity index (χ4v) is 3.94. The maximum absolute atomic E-state index is 13.3. The number of nitrogens with one attached hydrogen (secondary N) is 1. The first-order chi connectivity index (χ1) is 13.7. The monoisotopic (exact) mass is 416 g/mol. The van der Waals surface area contributed by atoms with E-state index in [9.17, 15) is 4.79 Å². The number of para-hydroxylation sites is 1. The summed E-state index contributed by atoms with van der Waals surface area (Å²) >= 11 is 0. The van der Waals surface area contributed by atoms with Gasteiger partial charge in [-0.05, 0) is 50.9 Å². The molecule has 7 heteroatoms. The Morgan fingerprint density at radius 1 is 1.38 bits per heavy atom. The van der Waals surface area contributed by atoms with Crippen LogP contribution in [0.25, 0.3) is 11.0 Å². The molecule has 1 aliphatic rings. The summed E-state index contributed by atoms with van der Waals surface area (Å²) in [6, 6.07) is 12.0. The fourth-order valence-electron chi connectivity index (χ4n) is 3.94. The molecule has 2 aromatic heterocycles. The van der Waals surface area contributed by atoms with E-state index in [-0.39, 0.29) is 24.4 Å². The van der Waals surface area contributed by atoms with E-state index in [0.717, 1.165) is 49.1 Å². The highest BCUT2D eigenvalue weighted by molar-refractivity contribution is 5.92. The predicted octanol–water partition coefficient (Wildman–Crippen LogP) is 4.59. The van der Waals surface area contributed by atoms with E-state index in [1.54, 1.807) is 0 Å². The van der Waals surface area contributed by atoms with Crippen LogP contribution in [0.3, 0.4) is 0 Å². The van der Waals surface area contributed by atoms with Crippen molar-refractivity contribution >= 4 is 29.3 Å². The third kappa shape index (κ3) is 4.49. The van der Waals surface area contributed by atoms with Crippen molar-refractivity contribution in [3.05, 3.63) is 54.0 Å². The average molecular weight is 417 g/mol. The predicted molar refractivity (Wildman–Crippen MR) is 117 cm³/mol. The Kier molecular flexibility index (Phi) is 6.98. The summed E-state index contributed by atoms with van der Waals surface area (Å²) in [5.41, 5.74) is 1.35. The van der Waals surface area contributed by atoms with Crippen LogP contribution in [0, 0.1) is 0 Å². The minimum atomic E-state index is -0.152. The van der Waals surface area contributed by atoms with Crippen LogP contribution in [0.2, 0.25) is 0 Å². The third-order valence-electron chi connectivity index (χ3n) is 5.52. The number of fused-ring (bicyclic) bond motifs is 1. The van der Waals surface area contributed by atoms with Gasteiger partial charge in [0.15, 0.2) is 0 Å². The van der Waals surface area contributed by atoms with E-state index in [1.807, 2.05) is 59.1 Å². The van der Waals surface area contributed by atoms with E-state index >= 15 is 0 Å². The van der Waals surface area contributed by atoms with Crippen molar-refractivity contribution in [3.63, 3.8) is 0 Å². The molecule has 0 saturated carbocycles. The number of amides is 1. The normalized spacial score (nSPS) is 17.7. The minimum Gasteiger partial charge on any atom is -0.459 e. The highest BCUT2D eigenvalue weighted by Crippen LogP contribution is 2.28. The molecule has 1 amide bonds. The molecule has 1 saturated heterocycles. The largest absolute Gasteiger partial charge is 0.459 e. The van der Waals surface area contributed by atoms with Gasteiger partial charge >= 0.3 is 0 Å². The van der Waals surface area contributed by atoms with Crippen LogP contribution in [-0.2, 0) is 0 Å². The molecule has 2 unspecified atom stereocenters. The van der Waals surface area contributed by atoms with Crippen LogP contribution in [-0.4, -0.2) is 40.2 Å². The number of carbonyl (C=O) groups excluding carboxylic acids is 1. The average Bonchev–Trinajstić information content (AvgIpc) is 3.39. The van der Waals surface area contributed by atoms with Gasteiger partial charge in [0.25, 0.3) is 5.91 Å². The Morgan fingerprint density at radius 3 is 2.93 bits per heavy atom. The first-order valence-corrected chi connectivity index (χ1v) is 10.2. The van der Waals surface area contributed by atoms with Gasteiger partial charge in [-0.25, -0.2) is 0 Å². The van der Waals surface area contributed by atoms with Crippen LogP contribution < -0.4 is 5.32 Å². The number of hydrogen-bond donors (Lipinski definition) is 1. The van der Waals surface area contributed by atoms with Crippen LogP contribution in [0.15, 0.2) is 47.0 Å². The lowest BCUT2D eigenvalue weighted by atomic mass is 10.1. The molecule has 4 rings (SSSR count). The second kappa shape index (κ2) is 9.46. The van der Waals surface area contributed by atoms with E-state index in [0.29, 0.717) is 18.3 Å². The number of rotatable bonds is 6. The third-order valence-corrected chi connectivity index (χ3v) is 5.52. The number of furan rings is 1. The molecule has 2 atom stereocenters. The van der Waals surface area contributed by atoms with Crippen LogP contribution in [0.1, 0.15) is 61.4 Å². The van der Waals surface area contributed by atoms with Crippen molar-refractivity contribution in [1.82, 2.24) is 20.0 Å². The van der Waals surface area contributed by atoms with Crippen molar-refractivity contribution in [2.45, 2.75) is 45.2 Å². The zero-order valence-corrected chi connectivity index (χ0v) is 17.8. The number of halogens is 1. The van der Waals surface area contributed by atoms with E-state index in [1.165, 1.54) is 0 Å². The smallest absolute Gasteiger partial charge is 0.274 e. The van der Waals surface area contributed by atoms with Gasteiger partial charge in [0.05, 0.1) is 12.1 Å².